The molecule has 0 saturated heterocycles. The molecular formula is C17H15ClN4. The van der Waals surface area contributed by atoms with Gasteiger partial charge in [0.15, 0.2) is 11.5 Å². The predicted molar refractivity (Wildman–Crippen MR) is 89.9 cm³/mol. The summed E-state index contributed by atoms with van der Waals surface area (Å²) in [6.07, 6.45) is 2.69. The normalized spacial score (nSPS) is 14.3. The number of rotatable bonds is 1. The first kappa shape index (κ1) is 13.3. The molecule has 22 heavy (non-hydrogen) atoms. The zero-order chi connectivity index (χ0) is 15.3. The minimum atomic E-state index is 0.499. The summed E-state index contributed by atoms with van der Waals surface area (Å²) in [5.74, 6) is 0.499. The molecule has 0 amide bonds. The minimum Gasteiger partial charge on any atom is -0.382 e. The van der Waals surface area contributed by atoms with Gasteiger partial charge in [-0.1, -0.05) is 42.0 Å². The lowest BCUT2D eigenvalue weighted by molar-refractivity contribution is 0.844. The lowest BCUT2D eigenvalue weighted by Gasteiger charge is -2.22. The highest BCUT2D eigenvalue weighted by molar-refractivity contribution is 6.33. The number of anilines is 1. The monoisotopic (exact) mass is 310 g/mol. The number of nitrogen functional groups attached to an aromatic ring is 1. The van der Waals surface area contributed by atoms with Crippen molar-refractivity contribution in [3.05, 3.63) is 52.6 Å². The average Bonchev–Trinajstić information content (AvgIpc) is 2.88. The minimum absolute atomic E-state index is 0.499. The molecule has 0 aliphatic heterocycles. The number of aromatic amines is 1. The maximum atomic E-state index is 6.38. The van der Waals surface area contributed by atoms with Crippen LogP contribution in [0.3, 0.4) is 0 Å². The molecule has 5 heteroatoms. The van der Waals surface area contributed by atoms with E-state index in [0.29, 0.717) is 16.5 Å². The van der Waals surface area contributed by atoms with E-state index in [1.165, 1.54) is 16.7 Å². The molecule has 0 spiro atoms. The summed E-state index contributed by atoms with van der Waals surface area (Å²) >= 11 is 6.38. The molecule has 2 heterocycles. The van der Waals surface area contributed by atoms with Gasteiger partial charge in [-0.05, 0) is 36.5 Å². The number of nitrogens with one attached hydrogen (secondary N) is 1. The Hall–Kier alpha value is -2.33. The number of H-pyrrole nitrogens is 1. The molecule has 0 unspecified atom stereocenters. The van der Waals surface area contributed by atoms with Crippen molar-refractivity contribution in [1.82, 2.24) is 15.2 Å². The van der Waals surface area contributed by atoms with E-state index in [1.54, 1.807) is 0 Å². The van der Waals surface area contributed by atoms with Gasteiger partial charge in [0.2, 0.25) is 0 Å². The first-order valence-corrected chi connectivity index (χ1v) is 7.60. The lowest BCUT2D eigenvalue weighted by atomic mass is 9.85. The molecule has 0 radical (unpaired) electrons. The molecule has 1 aliphatic carbocycles. The number of pyridine rings is 1. The Labute approximate surface area is 133 Å². The first-order valence-electron chi connectivity index (χ1n) is 7.22. The molecule has 1 aliphatic rings. The fraction of sp³-hybridized carbons (Fsp3) is 0.176. The molecule has 4 nitrogen and oxygen atoms in total. The fourth-order valence-electron chi connectivity index (χ4n) is 3.18. The van der Waals surface area contributed by atoms with Crippen LogP contribution in [0.25, 0.3) is 22.3 Å². The van der Waals surface area contributed by atoms with Crippen molar-refractivity contribution < 1.29 is 0 Å². The van der Waals surface area contributed by atoms with Crippen molar-refractivity contribution in [2.45, 2.75) is 19.3 Å². The van der Waals surface area contributed by atoms with Crippen molar-refractivity contribution in [2.75, 3.05) is 5.73 Å². The van der Waals surface area contributed by atoms with Crippen molar-refractivity contribution >= 4 is 28.5 Å². The van der Waals surface area contributed by atoms with Crippen LogP contribution in [0, 0.1) is 0 Å². The number of hydrogen-bond donors (Lipinski definition) is 2. The third-order valence-electron chi connectivity index (χ3n) is 4.24. The van der Waals surface area contributed by atoms with Crippen LogP contribution in [0.4, 0.5) is 5.82 Å². The van der Waals surface area contributed by atoms with E-state index in [2.05, 4.69) is 16.8 Å². The standard InChI is InChI=1S/C17H15ClN4/c1-9-6-7-10-12(8-9)14-16(19)21-22-17(14)20-15(10)11-4-2-3-5-13(11)18/h2-5H,1,6-8H2,(H3,19,20,21,22). The number of halogens is 1. The summed E-state index contributed by atoms with van der Waals surface area (Å²) in [5.41, 5.74) is 12.2. The highest BCUT2D eigenvalue weighted by Gasteiger charge is 2.24. The third-order valence-corrected chi connectivity index (χ3v) is 4.56. The van der Waals surface area contributed by atoms with Crippen LogP contribution in [-0.4, -0.2) is 15.2 Å². The zero-order valence-corrected chi connectivity index (χ0v) is 12.7. The van der Waals surface area contributed by atoms with Gasteiger partial charge in [0, 0.05) is 10.6 Å². The lowest BCUT2D eigenvalue weighted by Crippen LogP contribution is -2.09. The summed E-state index contributed by atoms with van der Waals surface area (Å²) < 4.78 is 0. The van der Waals surface area contributed by atoms with E-state index < -0.39 is 0 Å². The van der Waals surface area contributed by atoms with Crippen LogP contribution in [0.2, 0.25) is 5.02 Å². The summed E-state index contributed by atoms with van der Waals surface area (Å²) in [4.78, 5) is 4.75. The Balaban J connectivity index is 2.08. The zero-order valence-electron chi connectivity index (χ0n) is 12.0. The molecule has 4 rings (SSSR count). The van der Waals surface area contributed by atoms with Crippen molar-refractivity contribution in [3.63, 3.8) is 0 Å². The molecule has 0 fully saturated rings. The molecule has 3 aromatic rings. The van der Waals surface area contributed by atoms with Crippen LogP contribution in [-0.2, 0) is 12.8 Å². The maximum Gasteiger partial charge on any atom is 0.158 e. The van der Waals surface area contributed by atoms with Gasteiger partial charge in [-0.3, -0.25) is 5.10 Å². The second-order valence-corrected chi connectivity index (χ2v) is 6.06. The van der Waals surface area contributed by atoms with Crippen LogP contribution in [0.15, 0.2) is 36.4 Å². The quantitative estimate of drug-likeness (QED) is 0.670. The molecule has 0 saturated carbocycles. The Morgan fingerprint density at radius 3 is 2.82 bits per heavy atom. The van der Waals surface area contributed by atoms with E-state index in [-0.39, 0.29) is 0 Å². The molecule has 110 valence electrons. The van der Waals surface area contributed by atoms with E-state index in [1.807, 2.05) is 24.3 Å². The highest BCUT2D eigenvalue weighted by Crippen LogP contribution is 2.39. The van der Waals surface area contributed by atoms with Gasteiger partial charge >= 0.3 is 0 Å². The fourth-order valence-corrected chi connectivity index (χ4v) is 3.40. The predicted octanol–water partition coefficient (Wildman–Crippen LogP) is 3.91. The number of hydrogen-bond acceptors (Lipinski definition) is 3. The molecule has 0 atom stereocenters. The smallest absolute Gasteiger partial charge is 0.158 e. The number of nitrogens with zero attached hydrogens (tertiary/aromatic N) is 2. The van der Waals surface area contributed by atoms with E-state index in [4.69, 9.17) is 22.3 Å². The van der Waals surface area contributed by atoms with Crippen molar-refractivity contribution in [2.24, 2.45) is 0 Å². The summed E-state index contributed by atoms with van der Waals surface area (Å²) in [7, 11) is 0. The highest BCUT2D eigenvalue weighted by atomic mass is 35.5. The van der Waals surface area contributed by atoms with Crippen LogP contribution in [0.5, 0.6) is 0 Å². The summed E-state index contributed by atoms with van der Waals surface area (Å²) in [6, 6.07) is 7.79. The third kappa shape index (κ3) is 1.91. The number of nitrogens with two attached hydrogens (primary N) is 1. The number of fused-ring (bicyclic) bond motifs is 3. The number of allylic oxidation sites excluding steroid dienone is 1. The molecule has 0 bridgehead atoms. The van der Waals surface area contributed by atoms with E-state index in [0.717, 1.165) is 35.9 Å². The van der Waals surface area contributed by atoms with E-state index in [9.17, 15) is 0 Å². The van der Waals surface area contributed by atoms with Gasteiger partial charge in [-0.15, -0.1) is 0 Å². The number of aromatic nitrogens is 3. The average molecular weight is 311 g/mol. The molecule has 2 aromatic heterocycles. The van der Waals surface area contributed by atoms with Gasteiger partial charge in [0.25, 0.3) is 0 Å². The summed E-state index contributed by atoms with van der Waals surface area (Å²) in [6.45, 7) is 4.14. The van der Waals surface area contributed by atoms with Gasteiger partial charge in [-0.25, -0.2) is 4.98 Å². The Morgan fingerprint density at radius 1 is 1.18 bits per heavy atom. The molecule has 1 aromatic carbocycles. The van der Waals surface area contributed by atoms with Gasteiger partial charge in [0.1, 0.15) is 0 Å². The Morgan fingerprint density at radius 2 is 2.00 bits per heavy atom. The topological polar surface area (TPSA) is 67.6 Å². The van der Waals surface area contributed by atoms with Crippen LogP contribution >= 0.6 is 11.6 Å². The molecule has 3 N–H and O–H groups in total. The van der Waals surface area contributed by atoms with Crippen LogP contribution in [0.1, 0.15) is 17.5 Å². The Kier molecular flexibility index (Phi) is 2.94. The SMILES string of the molecule is C=C1CCc2c(-c3ccccc3Cl)nc3[nH]nc(N)c3c2C1. The first-order chi connectivity index (χ1) is 10.6. The van der Waals surface area contributed by atoms with Crippen molar-refractivity contribution in [3.8, 4) is 11.3 Å². The second-order valence-electron chi connectivity index (χ2n) is 5.66. The van der Waals surface area contributed by atoms with Gasteiger partial charge in [-0.2, -0.15) is 5.10 Å². The van der Waals surface area contributed by atoms with Gasteiger partial charge < -0.3 is 5.73 Å². The Bertz CT molecular complexity index is 910. The molecular weight excluding hydrogens is 296 g/mol. The number of benzene rings is 1. The maximum absolute atomic E-state index is 6.38. The van der Waals surface area contributed by atoms with Crippen molar-refractivity contribution in [1.29, 1.82) is 0 Å². The van der Waals surface area contributed by atoms with E-state index >= 15 is 0 Å². The van der Waals surface area contributed by atoms with Crippen LogP contribution < -0.4 is 5.73 Å². The summed E-state index contributed by atoms with van der Waals surface area (Å²) in [5, 5.41) is 8.66. The van der Waals surface area contributed by atoms with Gasteiger partial charge in [0.05, 0.1) is 11.1 Å². The second kappa shape index (κ2) is 4.85. The largest absolute Gasteiger partial charge is 0.382 e.